The molecule has 4 aliphatic carbocycles. The summed E-state index contributed by atoms with van der Waals surface area (Å²) < 4.78 is 49.5. The van der Waals surface area contributed by atoms with Crippen molar-refractivity contribution in [1.29, 1.82) is 0 Å². The molecule has 0 N–H and O–H groups in total. The van der Waals surface area contributed by atoms with Gasteiger partial charge in [-0.1, -0.05) is 13.8 Å². The zero-order valence-electron chi connectivity index (χ0n) is 18.9. The standard InChI is InChI=1S/C19H28O2/c1-18-9-7-13(20)11-12(18)3-4-14-15-5-6-17(21)19(15,2)10-8-16(14)18/h12,14-16H,3-11H2,1-2H3/t12-,14+,15+,16+,18+,19+/m1/s1/i6D2,7D2,11D2. The zero-order valence-corrected chi connectivity index (χ0v) is 12.9. The molecule has 0 spiro atoms. The summed E-state index contributed by atoms with van der Waals surface area (Å²) in [5, 5.41) is 0. The fourth-order valence-corrected chi connectivity index (χ4v) is 5.81. The Hall–Kier alpha value is -0.660. The maximum absolute atomic E-state index is 12.7. The summed E-state index contributed by atoms with van der Waals surface area (Å²) in [5.74, 6) is -1.70. The molecule has 4 aliphatic rings. The molecule has 0 unspecified atom stereocenters. The summed E-state index contributed by atoms with van der Waals surface area (Å²) in [7, 11) is 0. The summed E-state index contributed by atoms with van der Waals surface area (Å²) in [6.45, 7) is 3.82. The van der Waals surface area contributed by atoms with Gasteiger partial charge in [0.15, 0.2) is 0 Å². The quantitative estimate of drug-likeness (QED) is 0.672. The molecule has 0 bridgehead atoms. The van der Waals surface area contributed by atoms with Crippen molar-refractivity contribution in [2.75, 3.05) is 0 Å². The van der Waals surface area contributed by atoms with E-state index in [2.05, 4.69) is 0 Å². The van der Waals surface area contributed by atoms with Crippen LogP contribution in [0.2, 0.25) is 0 Å². The lowest BCUT2D eigenvalue weighted by Gasteiger charge is -2.59. The van der Waals surface area contributed by atoms with Gasteiger partial charge in [0.1, 0.15) is 11.6 Å². The van der Waals surface area contributed by atoms with Crippen molar-refractivity contribution in [3.63, 3.8) is 0 Å². The molecule has 4 rings (SSSR count). The van der Waals surface area contributed by atoms with E-state index in [0.717, 1.165) is 0 Å². The zero-order chi connectivity index (χ0) is 20.2. The van der Waals surface area contributed by atoms with Crippen LogP contribution in [-0.4, -0.2) is 11.6 Å². The number of Topliss-reactive ketones (excluding diaryl/α,β-unsaturated/α-hetero) is 2. The van der Waals surface area contributed by atoms with Crippen LogP contribution in [0, 0.1) is 34.5 Å². The minimum absolute atomic E-state index is 0.0223. The molecular formula is C19H28O2. The molecule has 2 nitrogen and oxygen atoms in total. The SMILES string of the molecule is [2H]C1([2H])C[C@@]2(C)[C@H](CC[C@@H]3[C@@H]2CC[C@]2(C)C(=O)C([2H])([2H])C[C@@H]32)C([2H])([2H])C1=O. The first-order chi connectivity index (χ1) is 12.2. The molecule has 116 valence electrons. The predicted octanol–water partition coefficient (Wildman–Crippen LogP) is 4.17. The number of hydrogen-bond acceptors (Lipinski definition) is 2. The maximum atomic E-state index is 12.7. The molecule has 4 saturated carbocycles. The van der Waals surface area contributed by atoms with Crippen molar-refractivity contribution in [2.24, 2.45) is 34.5 Å². The largest absolute Gasteiger partial charge is 0.300 e. The lowest BCUT2D eigenvalue weighted by atomic mass is 9.45. The van der Waals surface area contributed by atoms with Gasteiger partial charge in [0, 0.05) is 32.8 Å². The molecule has 2 heteroatoms. The highest BCUT2D eigenvalue weighted by molar-refractivity contribution is 5.87. The number of fused-ring (bicyclic) bond motifs is 5. The molecule has 0 aliphatic heterocycles. The summed E-state index contributed by atoms with van der Waals surface area (Å²) in [5.41, 5.74) is -1.32. The van der Waals surface area contributed by atoms with E-state index in [4.69, 9.17) is 8.22 Å². The average molecular weight is 294 g/mol. The second-order valence-corrected chi connectivity index (χ2v) is 8.01. The third kappa shape index (κ3) is 1.77. The van der Waals surface area contributed by atoms with Gasteiger partial charge in [0.25, 0.3) is 0 Å². The van der Waals surface area contributed by atoms with Crippen molar-refractivity contribution >= 4 is 11.6 Å². The Morgan fingerprint density at radius 2 is 1.81 bits per heavy atom. The highest BCUT2D eigenvalue weighted by Crippen LogP contribution is 2.65. The molecule has 0 radical (unpaired) electrons. The highest BCUT2D eigenvalue weighted by atomic mass is 16.1. The van der Waals surface area contributed by atoms with Crippen LogP contribution in [0.25, 0.3) is 0 Å². The molecule has 21 heavy (non-hydrogen) atoms. The molecule has 0 aromatic rings. The van der Waals surface area contributed by atoms with E-state index in [1.807, 2.05) is 13.8 Å². The molecule has 0 amide bonds. The average Bonchev–Trinajstić information content (AvgIpc) is 2.72. The Morgan fingerprint density at radius 3 is 2.62 bits per heavy atom. The van der Waals surface area contributed by atoms with E-state index in [9.17, 15) is 9.59 Å². The molecule has 4 fully saturated rings. The fraction of sp³-hybridized carbons (Fsp3) is 0.895. The van der Waals surface area contributed by atoms with Gasteiger partial charge in [-0.2, -0.15) is 0 Å². The minimum atomic E-state index is -2.18. The third-order valence-electron chi connectivity index (χ3n) is 7.19. The Kier molecular flexibility index (Phi) is 1.86. The van der Waals surface area contributed by atoms with E-state index in [1.54, 1.807) is 0 Å². The fourth-order valence-electron chi connectivity index (χ4n) is 5.81. The summed E-state index contributed by atoms with van der Waals surface area (Å²) in [6, 6.07) is 0. The van der Waals surface area contributed by atoms with E-state index < -0.39 is 41.6 Å². The summed E-state index contributed by atoms with van der Waals surface area (Å²) in [4.78, 5) is 25.2. The Morgan fingerprint density at radius 1 is 1.00 bits per heavy atom. The van der Waals surface area contributed by atoms with Gasteiger partial charge in [-0.3, -0.25) is 9.59 Å². The van der Waals surface area contributed by atoms with Crippen molar-refractivity contribution in [3.8, 4) is 0 Å². The Bertz CT molecular complexity index is 719. The molecule has 0 heterocycles. The first kappa shape index (κ1) is 8.84. The van der Waals surface area contributed by atoms with Gasteiger partial charge in [-0.05, 0) is 67.6 Å². The van der Waals surface area contributed by atoms with Crippen molar-refractivity contribution in [3.05, 3.63) is 0 Å². The van der Waals surface area contributed by atoms with Gasteiger partial charge in [-0.25, -0.2) is 0 Å². The third-order valence-corrected chi connectivity index (χ3v) is 7.19. The monoisotopic (exact) mass is 294 g/mol. The topological polar surface area (TPSA) is 34.1 Å². The smallest absolute Gasteiger partial charge is 0.139 e. The van der Waals surface area contributed by atoms with E-state index in [-0.39, 0.29) is 36.4 Å². The molecule has 0 saturated heterocycles. The first-order valence-corrected chi connectivity index (χ1v) is 8.28. The van der Waals surface area contributed by atoms with Crippen LogP contribution in [0.3, 0.4) is 0 Å². The van der Waals surface area contributed by atoms with E-state index in [1.165, 1.54) is 0 Å². The predicted molar refractivity (Wildman–Crippen MR) is 81.7 cm³/mol. The van der Waals surface area contributed by atoms with Crippen LogP contribution in [-0.2, 0) is 9.59 Å². The number of carbonyl (C=O) groups excluding carboxylic acids is 2. The van der Waals surface area contributed by atoms with Crippen molar-refractivity contribution < 1.29 is 17.8 Å². The lowest BCUT2D eigenvalue weighted by molar-refractivity contribution is -0.144. The van der Waals surface area contributed by atoms with E-state index in [0.29, 0.717) is 25.7 Å². The van der Waals surface area contributed by atoms with Crippen molar-refractivity contribution in [2.45, 2.75) is 71.5 Å². The van der Waals surface area contributed by atoms with Crippen LogP contribution < -0.4 is 0 Å². The Labute approximate surface area is 136 Å². The van der Waals surface area contributed by atoms with Gasteiger partial charge in [0.05, 0.1) is 0 Å². The normalized spacial score (nSPS) is 64.5. The van der Waals surface area contributed by atoms with Gasteiger partial charge >= 0.3 is 0 Å². The molecular weight excluding hydrogens is 260 g/mol. The van der Waals surface area contributed by atoms with Crippen LogP contribution in [0.5, 0.6) is 0 Å². The maximum Gasteiger partial charge on any atom is 0.139 e. The molecule has 0 aromatic heterocycles. The summed E-state index contributed by atoms with van der Waals surface area (Å²) >= 11 is 0. The number of ketones is 2. The molecule has 0 aromatic carbocycles. The van der Waals surface area contributed by atoms with Crippen LogP contribution >= 0.6 is 0 Å². The second-order valence-electron chi connectivity index (χ2n) is 8.01. The van der Waals surface area contributed by atoms with Gasteiger partial charge in [-0.15, -0.1) is 0 Å². The first-order valence-electron chi connectivity index (χ1n) is 11.3. The van der Waals surface area contributed by atoms with Gasteiger partial charge < -0.3 is 0 Å². The highest BCUT2D eigenvalue weighted by Gasteiger charge is 2.60. The van der Waals surface area contributed by atoms with Gasteiger partial charge in [0.2, 0.25) is 0 Å². The van der Waals surface area contributed by atoms with Crippen molar-refractivity contribution in [1.82, 2.24) is 0 Å². The van der Waals surface area contributed by atoms with E-state index >= 15 is 0 Å². The van der Waals surface area contributed by atoms with Crippen LogP contribution in [0.1, 0.15) is 79.7 Å². The molecule has 6 atom stereocenters. The number of hydrogen-bond donors (Lipinski definition) is 0. The van der Waals surface area contributed by atoms with Crippen LogP contribution in [0.4, 0.5) is 0 Å². The second kappa shape index (κ2) is 4.43. The van der Waals surface area contributed by atoms with Crippen LogP contribution in [0.15, 0.2) is 0 Å². The number of carbonyl (C=O) groups is 2. The lowest BCUT2D eigenvalue weighted by Crippen LogP contribution is -2.53. The Balaban J connectivity index is 1.75. The minimum Gasteiger partial charge on any atom is -0.300 e. The summed E-state index contributed by atoms with van der Waals surface area (Å²) in [6.07, 6.45) is -3.51. The number of rotatable bonds is 0.